The fourth-order valence-corrected chi connectivity index (χ4v) is 2.70. The predicted molar refractivity (Wildman–Crippen MR) is 90.5 cm³/mol. The Morgan fingerprint density at radius 1 is 0.850 bits per heavy atom. The lowest BCUT2D eigenvalue weighted by Crippen LogP contribution is -2.34. The Morgan fingerprint density at radius 3 is 1.80 bits per heavy atom. The highest BCUT2D eigenvalue weighted by Crippen LogP contribution is 2.09. The average Bonchev–Trinajstić information content (AvgIpc) is 2.49. The molecule has 0 aromatic heterocycles. The molecule has 0 amide bonds. The smallest absolute Gasteiger partial charge is 0.0148 e. The van der Waals surface area contributed by atoms with E-state index in [1.165, 1.54) is 16.9 Å². The van der Waals surface area contributed by atoms with Gasteiger partial charge in [-0.05, 0) is 30.2 Å². The zero-order valence-electron chi connectivity index (χ0n) is 12.1. The van der Waals surface area contributed by atoms with Crippen molar-refractivity contribution < 1.29 is 0 Å². The Bertz CT molecular complexity index is 428. The molecule has 0 heterocycles. The molecule has 1 nitrogen and oxygen atoms in total. The standard InChI is InChI=1S/C18H23NS/c1-20-13-12-19-18(14-16-8-4-2-5-9-16)15-17-10-6-3-7-11-17/h2-11,18-19H,12-15H2,1H3. The van der Waals surface area contributed by atoms with E-state index in [1.54, 1.807) is 0 Å². The lowest BCUT2D eigenvalue weighted by Gasteiger charge is -2.19. The number of rotatable bonds is 8. The van der Waals surface area contributed by atoms with E-state index in [2.05, 4.69) is 72.2 Å². The maximum atomic E-state index is 3.70. The SMILES string of the molecule is CSCCNC(Cc1ccccc1)Cc1ccccc1. The Balaban J connectivity index is 1.96. The molecule has 0 unspecified atom stereocenters. The van der Waals surface area contributed by atoms with Gasteiger partial charge >= 0.3 is 0 Å². The van der Waals surface area contributed by atoms with Crippen molar-refractivity contribution in [3.05, 3.63) is 71.8 Å². The van der Waals surface area contributed by atoms with E-state index >= 15 is 0 Å². The van der Waals surface area contributed by atoms with Crippen LogP contribution in [0, 0.1) is 0 Å². The predicted octanol–water partition coefficient (Wildman–Crippen LogP) is 3.79. The first-order chi connectivity index (χ1) is 9.88. The second kappa shape index (κ2) is 8.83. The van der Waals surface area contributed by atoms with Crippen molar-refractivity contribution in [3.8, 4) is 0 Å². The molecule has 2 aromatic carbocycles. The van der Waals surface area contributed by atoms with E-state index < -0.39 is 0 Å². The fourth-order valence-electron chi connectivity index (χ4n) is 2.38. The molecule has 0 aliphatic rings. The minimum atomic E-state index is 0.506. The van der Waals surface area contributed by atoms with Crippen LogP contribution in [0.15, 0.2) is 60.7 Å². The van der Waals surface area contributed by atoms with Gasteiger partial charge in [-0.25, -0.2) is 0 Å². The Hall–Kier alpha value is -1.25. The first-order valence-corrected chi connectivity index (χ1v) is 8.58. The van der Waals surface area contributed by atoms with Gasteiger partial charge in [-0.15, -0.1) is 0 Å². The van der Waals surface area contributed by atoms with Gasteiger partial charge < -0.3 is 5.32 Å². The van der Waals surface area contributed by atoms with Crippen LogP contribution in [0.1, 0.15) is 11.1 Å². The highest BCUT2D eigenvalue weighted by atomic mass is 32.2. The van der Waals surface area contributed by atoms with Gasteiger partial charge in [0.2, 0.25) is 0 Å². The maximum absolute atomic E-state index is 3.70. The fraction of sp³-hybridized carbons (Fsp3) is 0.333. The molecule has 20 heavy (non-hydrogen) atoms. The molecule has 2 heteroatoms. The number of hydrogen-bond acceptors (Lipinski definition) is 2. The lowest BCUT2D eigenvalue weighted by atomic mass is 9.99. The van der Waals surface area contributed by atoms with Gasteiger partial charge in [0, 0.05) is 18.3 Å². The van der Waals surface area contributed by atoms with Crippen molar-refractivity contribution in [1.29, 1.82) is 0 Å². The molecule has 0 spiro atoms. The Morgan fingerprint density at radius 2 is 1.35 bits per heavy atom. The second-order valence-corrected chi connectivity index (χ2v) is 6.01. The number of nitrogens with one attached hydrogen (secondary N) is 1. The van der Waals surface area contributed by atoms with Crippen molar-refractivity contribution in [3.63, 3.8) is 0 Å². The molecule has 0 aliphatic heterocycles. The van der Waals surface area contributed by atoms with Gasteiger partial charge in [-0.2, -0.15) is 11.8 Å². The van der Waals surface area contributed by atoms with Crippen molar-refractivity contribution >= 4 is 11.8 Å². The summed E-state index contributed by atoms with van der Waals surface area (Å²) in [4.78, 5) is 0. The van der Waals surface area contributed by atoms with Crippen LogP contribution in [-0.2, 0) is 12.8 Å². The number of thioether (sulfide) groups is 1. The van der Waals surface area contributed by atoms with Crippen LogP contribution >= 0.6 is 11.8 Å². The molecule has 2 aromatic rings. The third-order valence-corrected chi connectivity index (χ3v) is 4.00. The summed E-state index contributed by atoms with van der Waals surface area (Å²) in [5.74, 6) is 1.17. The molecule has 0 atom stereocenters. The van der Waals surface area contributed by atoms with Gasteiger partial charge in [-0.3, -0.25) is 0 Å². The van der Waals surface area contributed by atoms with Crippen LogP contribution in [0.5, 0.6) is 0 Å². The van der Waals surface area contributed by atoms with E-state index in [9.17, 15) is 0 Å². The quantitative estimate of drug-likeness (QED) is 0.741. The van der Waals surface area contributed by atoms with Gasteiger partial charge in [0.1, 0.15) is 0 Å². The highest BCUT2D eigenvalue weighted by molar-refractivity contribution is 7.98. The summed E-state index contributed by atoms with van der Waals surface area (Å²) < 4.78 is 0. The van der Waals surface area contributed by atoms with E-state index in [1.807, 2.05) is 11.8 Å². The molecule has 0 saturated heterocycles. The van der Waals surface area contributed by atoms with Crippen LogP contribution in [0.3, 0.4) is 0 Å². The molecule has 0 bridgehead atoms. The molecule has 0 aliphatic carbocycles. The largest absolute Gasteiger partial charge is 0.312 e. The molecular weight excluding hydrogens is 262 g/mol. The van der Waals surface area contributed by atoms with E-state index in [0.29, 0.717) is 6.04 Å². The first kappa shape index (κ1) is 15.1. The van der Waals surface area contributed by atoms with Crippen molar-refractivity contribution in [2.24, 2.45) is 0 Å². The van der Waals surface area contributed by atoms with E-state index in [0.717, 1.165) is 19.4 Å². The van der Waals surface area contributed by atoms with Crippen molar-refractivity contribution in [2.45, 2.75) is 18.9 Å². The summed E-state index contributed by atoms with van der Waals surface area (Å²) in [5, 5.41) is 3.70. The summed E-state index contributed by atoms with van der Waals surface area (Å²) in [6, 6.07) is 22.0. The van der Waals surface area contributed by atoms with Crippen LogP contribution in [0.2, 0.25) is 0 Å². The van der Waals surface area contributed by atoms with Crippen molar-refractivity contribution in [1.82, 2.24) is 5.32 Å². The van der Waals surface area contributed by atoms with Gasteiger partial charge in [0.15, 0.2) is 0 Å². The second-order valence-electron chi connectivity index (χ2n) is 5.02. The maximum Gasteiger partial charge on any atom is 0.0148 e. The summed E-state index contributed by atoms with van der Waals surface area (Å²) in [5.41, 5.74) is 2.81. The molecule has 0 saturated carbocycles. The summed E-state index contributed by atoms with van der Waals surface area (Å²) in [6.45, 7) is 1.07. The minimum Gasteiger partial charge on any atom is -0.312 e. The average molecular weight is 285 g/mol. The van der Waals surface area contributed by atoms with Gasteiger partial charge in [-0.1, -0.05) is 60.7 Å². The molecule has 2 rings (SSSR count). The summed E-state index contributed by atoms with van der Waals surface area (Å²) in [7, 11) is 0. The summed E-state index contributed by atoms with van der Waals surface area (Å²) in [6.07, 6.45) is 4.33. The topological polar surface area (TPSA) is 12.0 Å². The number of hydrogen-bond donors (Lipinski definition) is 1. The third kappa shape index (κ3) is 5.40. The Labute approximate surface area is 126 Å². The van der Waals surface area contributed by atoms with Gasteiger partial charge in [0.25, 0.3) is 0 Å². The monoisotopic (exact) mass is 285 g/mol. The van der Waals surface area contributed by atoms with Crippen LogP contribution in [0.4, 0.5) is 0 Å². The molecule has 1 N–H and O–H groups in total. The van der Waals surface area contributed by atoms with Crippen LogP contribution < -0.4 is 5.32 Å². The van der Waals surface area contributed by atoms with Crippen molar-refractivity contribution in [2.75, 3.05) is 18.6 Å². The van der Waals surface area contributed by atoms with Gasteiger partial charge in [0.05, 0.1) is 0 Å². The van der Waals surface area contributed by atoms with Crippen LogP contribution in [-0.4, -0.2) is 24.6 Å². The minimum absolute atomic E-state index is 0.506. The molecule has 0 fully saturated rings. The zero-order valence-corrected chi connectivity index (χ0v) is 12.9. The summed E-state index contributed by atoms with van der Waals surface area (Å²) >= 11 is 1.89. The van der Waals surface area contributed by atoms with E-state index in [-0.39, 0.29) is 0 Å². The third-order valence-electron chi connectivity index (χ3n) is 3.39. The van der Waals surface area contributed by atoms with Crippen LogP contribution in [0.25, 0.3) is 0 Å². The number of benzene rings is 2. The molecule has 106 valence electrons. The highest BCUT2D eigenvalue weighted by Gasteiger charge is 2.09. The Kier molecular flexibility index (Phi) is 6.69. The molecular formula is C18H23NS. The first-order valence-electron chi connectivity index (χ1n) is 7.18. The lowest BCUT2D eigenvalue weighted by molar-refractivity contribution is 0.523. The zero-order chi connectivity index (χ0) is 14.0. The molecule has 0 radical (unpaired) electrons. The normalized spacial score (nSPS) is 10.9. The van der Waals surface area contributed by atoms with E-state index in [4.69, 9.17) is 0 Å².